The molecule has 0 fully saturated rings. The number of aliphatic hydroxyl groups is 1. The van der Waals surface area contributed by atoms with Gasteiger partial charge in [0, 0.05) is 24.4 Å². The number of aliphatic hydroxyl groups excluding tert-OH is 1. The fourth-order valence-corrected chi connectivity index (χ4v) is 1.96. The van der Waals surface area contributed by atoms with E-state index >= 15 is 0 Å². The van der Waals surface area contributed by atoms with Gasteiger partial charge in [-0.1, -0.05) is 43.9 Å². The number of unbranched alkanes of at least 4 members (excludes halogenated alkanes) is 6. The van der Waals surface area contributed by atoms with Gasteiger partial charge in [-0.2, -0.15) is 0 Å². The smallest absolute Gasteiger partial charge is 0.0512 e. The molecule has 0 radical (unpaired) electrons. The summed E-state index contributed by atoms with van der Waals surface area (Å²) in [6.45, 7) is 1.86. The first-order valence-corrected chi connectivity index (χ1v) is 7.36. The Balaban J connectivity index is 1.93. The van der Waals surface area contributed by atoms with Crippen molar-refractivity contribution in [2.24, 2.45) is 0 Å². The summed E-state index contributed by atoms with van der Waals surface area (Å²) in [5.74, 6) is 6.32. The summed E-state index contributed by atoms with van der Waals surface area (Å²) in [5.41, 5.74) is 1.00. The zero-order valence-corrected chi connectivity index (χ0v) is 11.9. The highest BCUT2D eigenvalue weighted by Crippen LogP contribution is 2.09. The van der Waals surface area contributed by atoms with Gasteiger partial charge in [-0.05, 0) is 31.9 Å². The second-order valence-corrected chi connectivity index (χ2v) is 5.05. The second kappa shape index (κ2) is 10.6. The average Bonchev–Trinajstić information content (AvgIpc) is 2.42. The molecule has 104 valence electrons. The Morgan fingerprint density at radius 3 is 2.58 bits per heavy atom. The Morgan fingerprint density at radius 2 is 1.89 bits per heavy atom. The van der Waals surface area contributed by atoms with Crippen molar-refractivity contribution in [3.63, 3.8) is 0 Å². The van der Waals surface area contributed by atoms with Crippen LogP contribution in [-0.2, 0) is 0 Å². The Labute approximate surface area is 117 Å². The predicted molar refractivity (Wildman–Crippen MR) is 79.7 cm³/mol. The fourth-order valence-electron chi connectivity index (χ4n) is 1.96. The predicted octanol–water partition coefficient (Wildman–Crippen LogP) is 3.93. The molecule has 0 spiro atoms. The van der Waals surface area contributed by atoms with E-state index in [9.17, 15) is 0 Å². The van der Waals surface area contributed by atoms with Crippen molar-refractivity contribution in [3.8, 4) is 11.8 Å². The molecule has 1 rings (SSSR count). The quantitative estimate of drug-likeness (QED) is 0.566. The Kier molecular flexibility index (Phi) is 8.76. The van der Waals surface area contributed by atoms with Gasteiger partial charge in [0.15, 0.2) is 0 Å². The summed E-state index contributed by atoms with van der Waals surface area (Å²) in [7, 11) is 0. The highest BCUT2D eigenvalue weighted by atomic mass is 16.3. The lowest BCUT2D eigenvalue weighted by molar-refractivity contribution is 0.180. The van der Waals surface area contributed by atoms with Crippen LogP contribution in [0, 0.1) is 11.8 Å². The van der Waals surface area contributed by atoms with Crippen molar-refractivity contribution in [1.82, 2.24) is 4.98 Å². The van der Waals surface area contributed by atoms with Crippen molar-refractivity contribution in [1.29, 1.82) is 0 Å². The lowest BCUT2D eigenvalue weighted by Crippen LogP contribution is -1.98. The van der Waals surface area contributed by atoms with Crippen molar-refractivity contribution in [2.45, 2.75) is 64.4 Å². The van der Waals surface area contributed by atoms with Crippen LogP contribution in [0.3, 0.4) is 0 Å². The van der Waals surface area contributed by atoms with E-state index in [1.165, 1.54) is 32.1 Å². The third-order valence-electron chi connectivity index (χ3n) is 3.07. The van der Waals surface area contributed by atoms with Crippen molar-refractivity contribution in [3.05, 3.63) is 30.1 Å². The Morgan fingerprint density at radius 1 is 1.16 bits per heavy atom. The zero-order valence-electron chi connectivity index (χ0n) is 11.9. The van der Waals surface area contributed by atoms with Gasteiger partial charge in [-0.25, -0.2) is 0 Å². The van der Waals surface area contributed by atoms with E-state index in [2.05, 4.69) is 16.8 Å². The molecule has 1 unspecified atom stereocenters. The molecule has 1 heterocycles. The maximum absolute atomic E-state index is 9.13. The first kappa shape index (κ1) is 15.7. The van der Waals surface area contributed by atoms with Crippen LogP contribution in [-0.4, -0.2) is 16.2 Å². The molecule has 0 saturated carbocycles. The number of aromatic nitrogens is 1. The SMILES string of the molecule is CC(O)CCCCCCCCC#Cc1cccnc1. The van der Waals surface area contributed by atoms with Gasteiger partial charge in [0.1, 0.15) is 0 Å². The van der Waals surface area contributed by atoms with E-state index in [0.717, 1.165) is 24.8 Å². The summed E-state index contributed by atoms with van der Waals surface area (Å²) in [5, 5.41) is 9.13. The van der Waals surface area contributed by atoms with Crippen LogP contribution < -0.4 is 0 Å². The third-order valence-corrected chi connectivity index (χ3v) is 3.07. The molecule has 1 atom stereocenters. The third kappa shape index (κ3) is 9.27. The summed E-state index contributed by atoms with van der Waals surface area (Å²) < 4.78 is 0. The number of hydrogen-bond acceptors (Lipinski definition) is 2. The zero-order chi connectivity index (χ0) is 13.8. The maximum Gasteiger partial charge on any atom is 0.0512 e. The molecule has 1 N–H and O–H groups in total. The van der Waals surface area contributed by atoms with Gasteiger partial charge in [0.05, 0.1) is 6.10 Å². The Bertz CT molecular complexity index is 375. The molecule has 0 saturated heterocycles. The topological polar surface area (TPSA) is 33.1 Å². The fraction of sp³-hybridized carbons (Fsp3) is 0.588. The van der Waals surface area contributed by atoms with Crippen LogP contribution in [0.1, 0.15) is 63.9 Å². The Hall–Kier alpha value is -1.33. The molecular weight excluding hydrogens is 234 g/mol. The number of hydrogen-bond donors (Lipinski definition) is 1. The lowest BCUT2D eigenvalue weighted by Gasteiger charge is -2.03. The van der Waals surface area contributed by atoms with Crippen LogP contribution in [0.2, 0.25) is 0 Å². The maximum atomic E-state index is 9.13. The average molecular weight is 259 g/mol. The first-order chi connectivity index (χ1) is 9.29. The number of nitrogens with zero attached hydrogens (tertiary/aromatic N) is 1. The summed E-state index contributed by atoms with van der Waals surface area (Å²) in [4.78, 5) is 4.03. The highest BCUT2D eigenvalue weighted by Gasteiger charge is 1.95. The monoisotopic (exact) mass is 259 g/mol. The van der Waals surface area contributed by atoms with E-state index < -0.39 is 0 Å². The van der Waals surface area contributed by atoms with Crippen molar-refractivity contribution >= 4 is 0 Å². The van der Waals surface area contributed by atoms with Crippen molar-refractivity contribution in [2.75, 3.05) is 0 Å². The van der Waals surface area contributed by atoms with E-state index in [1.807, 2.05) is 19.1 Å². The van der Waals surface area contributed by atoms with Crippen LogP contribution >= 0.6 is 0 Å². The highest BCUT2D eigenvalue weighted by molar-refractivity contribution is 5.30. The molecule has 0 amide bonds. The van der Waals surface area contributed by atoms with E-state index in [0.29, 0.717) is 0 Å². The van der Waals surface area contributed by atoms with Gasteiger partial charge >= 0.3 is 0 Å². The normalized spacial score (nSPS) is 11.7. The van der Waals surface area contributed by atoms with Gasteiger partial charge in [-0.15, -0.1) is 0 Å². The van der Waals surface area contributed by atoms with Crippen molar-refractivity contribution < 1.29 is 5.11 Å². The van der Waals surface area contributed by atoms with Crippen LogP contribution in [0.4, 0.5) is 0 Å². The van der Waals surface area contributed by atoms with E-state index in [1.54, 1.807) is 12.4 Å². The standard InChI is InChI=1S/C17H25NO/c1-16(19)11-8-6-4-2-3-5-7-9-12-17-13-10-14-18-15-17/h10,13-16,19H,2-8,11H2,1H3. The summed E-state index contributed by atoms with van der Waals surface area (Å²) in [6, 6.07) is 3.90. The molecule has 0 aromatic carbocycles. The number of rotatable bonds is 8. The second-order valence-electron chi connectivity index (χ2n) is 5.05. The van der Waals surface area contributed by atoms with E-state index in [-0.39, 0.29) is 6.10 Å². The van der Waals surface area contributed by atoms with Gasteiger partial charge < -0.3 is 5.11 Å². The van der Waals surface area contributed by atoms with Gasteiger partial charge in [-0.3, -0.25) is 4.98 Å². The van der Waals surface area contributed by atoms with Crippen LogP contribution in [0.5, 0.6) is 0 Å². The summed E-state index contributed by atoms with van der Waals surface area (Å²) >= 11 is 0. The first-order valence-electron chi connectivity index (χ1n) is 7.36. The molecule has 0 bridgehead atoms. The molecule has 0 aliphatic heterocycles. The minimum atomic E-state index is -0.136. The minimum absolute atomic E-state index is 0.136. The molecule has 0 aliphatic rings. The molecule has 0 aliphatic carbocycles. The number of pyridine rings is 1. The molecule has 1 aromatic heterocycles. The van der Waals surface area contributed by atoms with Crippen LogP contribution in [0.15, 0.2) is 24.5 Å². The van der Waals surface area contributed by atoms with Crippen LogP contribution in [0.25, 0.3) is 0 Å². The molecule has 19 heavy (non-hydrogen) atoms. The van der Waals surface area contributed by atoms with E-state index in [4.69, 9.17) is 5.11 Å². The lowest BCUT2D eigenvalue weighted by atomic mass is 10.1. The molecule has 1 aromatic rings. The molecular formula is C17H25NO. The largest absolute Gasteiger partial charge is 0.393 e. The van der Waals surface area contributed by atoms with Gasteiger partial charge in [0.2, 0.25) is 0 Å². The molecule has 2 heteroatoms. The van der Waals surface area contributed by atoms with Gasteiger partial charge in [0.25, 0.3) is 0 Å². The summed E-state index contributed by atoms with van der Waals surface area (Å²) in [6.07, 6.45) is 12.8. The molecule has 2 nitrogen and oxygen atoms in total. The minimum Gasteiger partial charge on any atom is -0.393 e.